The van der Waals surface area contributed by atoms with Crippen molar-refractivity contribution in [2.24, 2.45) is 12.0 Å². The average Bonchev–Trinajstić information content (AvgIpc) is 2.89. The highest BCUT2D eigenvalue weighted by molar-refractivity contribution is 14.0. The predicted molar refractivity (Wildman–Crippen MR) is 124 cm³/mol. The standard InChI is InChI=1S/C21H26F3N5.HI/c1-14(12-19-15(2)28-29(5)16(19)3)27-20(25-4)26-11-7-9-17-8-6-10-18(13-17)21(22,23)24;/h6,8,10,13-14H,11-12H2,1-5H3,(H2,25,26,27);1H. The molecule has 2 aromatic rings. The lowest BCUT2D eigenvalue weighted by Crippen LogP contribution is -2.43. The van der Waals surface area contributed by atoms with E-state index < -0.39 is 11.7 Å². The van der Waals surface area contributed by atoms with E-state index in [0.29, 0.717) is 11.5 Å². The van der Waals surface area contributed by atoms with E-state index in [9.17, 15) is 13.2 Å². The van der Waals surface area contributed by atoms with Crippen LogP contribution in [0.4, 0.5) is 13.2 Å². The lowest BCUT2D eigenvalue weighted by molar-refractivity contribution is -0.137. The van der Waals surface area contributed by atoms with Gasteiger partial charge in [0.1, 0.15) is 0 Å². The Morgan fingerprint density at radius 1 is 1.30 bits per heavy atom. The van der Waals surface area contributed by atoms with E-state index in [-0.39, 0.29) is 36.6 Å². The van der Waals surface area contributed by atoms with Crippen molar-refractivity contribution in [1.82, 2.24) is 20.4 Å². The van der Waals surface area contributed by atoms with Crippen molar-refractivity contribution in [2.75, 3.05) is 13.6 Å². The summed E-state index contributed by atoms with van der Waals surface area (Å²) in [5.41, 5.74) is 2.96. The van der Waals surface area contributed by atoms with Gasteiger partial charge in [0.15, 0.2) is 5.96 Å². The molecule has 164 valence electrons. The van der Waals surface area contributed by atoms with Crippen LogP contribution < -0.4 is 10.6 Å². The maximum atomic E-state index is 12.7. The number of hydrogen-bond donors (Lipinski definition) is 2. The van der Waals surface area contributed by atoms with Crippen LogP contribution in [0.25, 0.3) is 0 Å². The second-order valence-electron chi connectivity index (χ2n) is 6.83. The summed E-state index contributed by atoms with van der Waals surface area (Å²) in [5.74, 6) is 6.15. The van der Waals surface area contributed by atoms with Gasteiger partial charge in [-0.3, -0.25) is 9.67 Å². The monoisotopic (exact) mass is 533 g/mol. The van der Waals surface area contributed by atoms with Crippen LogP contribution in [-0.2, 0) is 19.6 Å². The zero-order valence-corrected chi connectivity index (χ0v) is 20.0. The Morgan fingerprint density at radius 2 is 2.00 bits per heavy atom. The Hall–Kier alpha value is -2.22. The third-order valence-corrected chi connectivity index (χ3v) is 4.54. The van der Waals surface area contributed by atoms with Gasteiger partial charge in [-0.25, -0.2) is 0 Å². The number of alkyl halides is 3. The summed E-state index contributed by atoms with van der Waals surface area (Å²) in [7, 11) is 3.58. The molecule has 9 heteroatoms. The molecule has 0 amide bonds. The lowest BCUT2D eigenvalue weighted by Gasteiger charge is -2.17. The van der Waals surface area contributed by atoms with Gasteiger partial charge in [0.2, 0.25) is 0 Å². The van der Waals surface area contributed by atoms with Gasteiger partial charge in [-0.1, -0.05) is 17.9 Å². The Bertz CT molecular complexity index is 938. The fourth-order valence-electron chi connectivity index (χ4n) is 2.95. The SMILES string of the molecule is CN=C(NCC#Cc1cccc(C(F)(F)F)c1)NC(C)Cc1c(C)nn(C)c1C.I. The first-order chi connectivity index (χ1) is 13.6. The minimum Gasteiger partial charge on any atom is -0.354 e. The summed E-state index contributed by atoms with van der Waals surface area (Å²) < 4.78 is 40.1. The van der Waals surface area contributed by atoms with Crippen LogP contribution in [0.1, 0.15) is 35.0 Å². The molecule has 1 aromatic heterocycles. The summed E-state index contributed by atoms with van der Waals surface area (Å²) in [6.07, 6.45) is -3.58. The molecule has 1 unspecified atom stereocenters. The Kier molecular flexibility index (Phi) is 9.68. The summed E-state index contributed by atoms with van der Waals surface area (Å²) in [4.78, 5) is 4.17. The number of benzene rings is 1. The first-order valence-corrected chi connectivity index (χ1v) is 9.24. The molecule has 2 N–H and O–H groups in total. The third kappa shape index (κ3) is 7.23. The number of aryl methyl sites for hydroxylation is 2. The largest absolute Gasteiger partial charge is 0.416 e. The van der Waals surface area contributed by atoms with Crippen molar-refractivity contribution in [1.29, 1.82) is 0 Å². The molecule has 0 spiro atoms. The molecule has 30 heavy (non-hydrogen) atoms. The fourth-order valence-corrected chi connectivity index (χ4v) is 2.95. The zero-order chi connectivity index (χ0) is 21.6. The van der Waals surface area contributed by atoms with Crippen LogP contribution >= 0.6 is 24.0 Å². The number of guanidine groups is 1. The Balaban J connectivity index is 0.00000450. The Morgan fingerprint density at radius 3 is 2.57 bits per heavy atom. The average molecular weight is 533 g/mol. The second kappa shape index (κ2) is 11.2. The second-order valence-corrected chi connectivity index (χ2v) is 6.83. The summed E-state index contributed by atoms with van der Waals surface area (Å²) >= 11 is 0. The molecule has 0 bridgehead atoms. The quantitative estimate of drug-likeness (QED) is 0.272. The van der Waals surface area contributed by atoms with Gasteiger partial charge < -0.3 is 10.6 Å². The van der Waals surface area contributed by atoms with Crippen molar-refractivity contribution in [3.8, 4) is 11.8 Å². The van der Waals surface area contributed by atoms with E-state index in [1.807, 2.05) is 32.5 Å². The van der Waals surface area contributed by atoms with E-state index in [2.05, 4.69) is 32.6 Å². The minimum atomic E-state index is -4.37. The van der Waals surface area contributed by atoms with Gasteiger partial charge in [-0.05, 0) is 51.0 Å². The zero-order valence-electron chi connectivity index (χ0n) is 17.7. The highest BCUT2D eigenvalue weighted by Crippen LogP contribution is 2.29. The predicted octanol–water partition coefficient (Wildman–Crippen LogP) is 3.82. The van der Waals surface area contributed by atoms with Crippen LogP contribution in [0.2, 0.25) is 0 Å². The first kappa shape index (κ1) is 25.8. The van der Waals surface area contributed by atoms with Gasteiger partial charge >= 0.3 is 6.18 Å². The molecular weight excluding hydrogens is 506 g/mol. The molecule has 0 aliphatic carbocycles. The number of aliphatic imine (C=N–C) groups is 1. The summed E-state index contributed by atoms with van der Waals surface area (Å²) in [6, 6.07) is 5.09. The van der Waals surface area contributed by atoms with Gasteiger partial charge in [0.25, 0.3) is 0 Å². The maximum absolute atomic E-state index is 12.7. The molecule has 1 heterocycles. The summed E-state index contributed by atoms with van der Waals surface area (Å²) in [6.45, 7) is 6.34. The van der Waals surface area contributed by atoms with Gasteiger partial charge in [-0.15, -0.1) is 24.0 Å². The molecular formula is C21H27F3IN5. The third-order valence-electron chi connectivity index (χ3n) is 4.54. The van der Waals surface area contributed by atoms with Crippen LogP contribution in [0.5, 0.6) is 0 Å². The first-order valence-electron chi connectivity index (χ1n) is 9.24. The maximum Gasteiger partial charge on any atom is 0.416 e. The molecule has 0 fully saturated rings. The van der Waals surface area contributed by atoms with E-state index in [1.165, 1.54) is 11.6 Å². The van der Waals surface area contributed by atoms with E-state index in [0.717, 1.165) is 29.9 Å². The van der Waals surface area contributed by atoms with E-state index >= 15 is 0 Å². The lowest BCUT2D eigenvalue weighted by atomic mass is 10.1. The van der Waals surface area contributed by atoms with Crippen LogP contribution in [-0.4, -0.2) is 35.4 Å². The summed E-state index contributed by atoms with van der Waals surface area (Å²) in [5, 5.41) is 10.8. The number of hydrogen-bond acceptors (Lipinski definition) is 2. The van der Waals surface area contributed by atoms with E-state index in [4.69, 9.17) is 0 Å². The molecule has 5 nitrogen and oxygen atoms in total. The number of nitrogens with one attached hydrogen (secondary N) is 2. The molecule has 1 atom stereocenters. The van der Waals surface area contributed by atoms with Crippen LogP contribution in [0, 0.1) is 25.7 Å². The molecule has 0 saturated carbocycles. The normalized spacial score (nSPS) is 12.5. The smallest absolute Gasteiger partial charge is 0.354 e. The fraction of sp³-hybridized carbons (Fsp3) is 0.429. The van der Waals surface area contributed by atoms with Crippen molar-refractivity contribution in [2.45, 2.75) is 39.4 Å². The number of nitrogens with zero attached hydrogens (tertiary/aromatic N) is 3. The van der Waals surface area contributed by atoms with Crippen molar-refractivity contribution >= 4 is 29.9 Å². The molecule has 0 saturated heterocycles. The van der Waals surface area contributed by atoms with Crippen molar-refractivity contribution in [3.05, 3.63) is 52.3 Å². The van der Waals surface area contributed by atoms with Crippen LogP contribution in [0.15, 0.2) is 29.3 Å². The van der Waals surface area contributed by atoms with Gasteiger partial charge in [0, 0.05) is 31.4 Å². The number of rotatable bonds is 4. The molecule has 0 radical (unpaired) electrons. The van der Waals surface area contributed by atoms with Gasteiger partial charge in [-0.2, -0.15) is 18.3 Å². The highest BCUT2D eigenvalue weighted by Gasteiger charge is 2.30. The van der Waals surface area contributed by atoms with Crippen molar-refractivity contribution < 1.29 is 13.2 Å². The number of halogens is 4. The molecule has 0 aliphatic rings. The molecule has 2 rings (SSSR count). The molecule has 1 aromatic carbocycles. The highest BCUT2D eigenvalue weighted by atomic mass is 127. The van der Waals surface area contributed by atoms with Crippen molar-refractivity contribution in [3.63, 3.8) is 0 Å². The number of aromatic nitrogens is 2. The topological polar surface area (TPSA) is 54.2 Å². The van der Waals surface area contributed by atoms with E-state index in [1.54, 1.807) is 13.1 Å². The van der Waals surface area contributed by atoms with Gasteiger partial charge in [0.05, 0.1) is 17.8 Å². The van der Waals surface area contributed by atoms with Crippen LogP contribution in [0.3, 0.4) is 0 Å². The Labute approximate surface area is 192 Å². The minimum absolute atomic E-state index is 0. The molecule has 0 aliphatic heterocycles.